The van der Waals surface area contributed by atoms with E-state index in [2.05, 4.69) is 5.32 Å². The van der Waals surface area contributed by atoms with Gasteiger partial charge in [-0.2, -0.15) is 0 Å². The number of amides is 1. The number of aliphatic hydroxyl groups excluding tert-OH is 2. The third kappa shape index (κ3) is 9.27. The maximum Gasteiger partial charge on any atom is 0.408 e. The summed E-state index contributed by atoms with van der Waals surface area (Å²) in [7, 11) is 0. The molecule has 4 N–H and O–H groups in total. The van der Waals surface area contributed by atoms with E-state index >= 15 is 9.59 Å². The fourth-order valence-corrected chi connectivity index (χ4v) is 10.6. The number of alkyl carbamates (subject to hydrolysis) is 1. The Bertz CT molecular complexity index is 2350. The first-order valence-corrected chi connectivity index (χ1v) is 22.4. The third-order valence-electron chi connectivity index (χ3n) is 14.0. The van der Waals surface area contributed by atoms with Crippen molar-refractivity contribution in [3.8, 4) is 0 Å². The first-order chi connectivity index (χ1) is 31.5. The molecule has 11 atom stereocenters. The molecule has 1 aliphatic heterocycles. The average molecular weight is 928 g/mol. The molecule has 0 radical (unpaired) electrons. The van der Waals surface area contributed by atoms with E-state index < -0.39 is 119 Å². The molecular weight excluding hydrogens is 867 g/mol. The largest absolute Gasteiger partial charge is 0.456 e. The number of ketones is 1. The van der Waals surface area contributed by atoms with Crippen LogP contribution in [0, 0.1) is 16.7 Å². The maximum absolute atomic E-state index is 15.2. The molecule has 360 valence electrons. The van der Waals surface area contributed by atoms with E-state index in [0.717, 1.165) is 5.56 Å². The first-order valence-electron chi connectivity index (χ1n) is 22.4. The van der Waals surface area contributed by atoms with Crippen LogP contribution in [0.3, 0.4) is 0 Å². The zero-order valence-corrected chi connectivity index (χ0v) is 39.1. The maximum atomic E-state index is 15.2. The van der Waals surface area contributed by atoms with Gasteiger partial charge in [0.15, 0.2) is 17.5 Å². The van der Waals surface area contributed by atoms with Gasteiger partial charge in [-0.3, -0.25) is 9.59 Å². The summed E-state index contributed by atoms with van der Waals surface area (Å²) < 4.78 is 42.4. The number of carbonyl (C=O) groups is 5. The monoisotopic (exact) mass is 927 g/mol. The molecule has 0 unspecified atom stereocenters. The molecule has 3 aromatic carbocycles. The van der Waals surface area contributed by atoms with E-state index in [1.807, 2.05) is 30.3 Å². The fourth-order valence-electron chi connectivity index (χ4n) is 10.6. The summed E-state index contributed by atoms with van der Waals surface area (Å²) in [6.07, 6.45) is -11.0. The lowest BCUT2D eigenvalue weighted by Gasteiger charge is -2.67. The molecule has 3 aromatic rings. The van der Waals surface area contributed by atoms with Crippen LogP contribution in [0.15, 0.2) is 102 Å². The van der Waals surface area contributed by atoms with Crippen molar-refractivity contribution in [3.63, 3.8) is 0 Å². The van der Waals surface area contributed by atoms with Crippen molar-refractivity contribution in [2.75, 3.05) is 13.4 Å². The van der Waals surface area contributed by atoms with Crippen molar-refractivity contribution in [3.05, 3.63) is 119 Å². The number of rotatable bonds is 13. The van der Waals surface area contributed by atoms with Gasteiger partial charge in [0.05, 0.1) is 42.3 Å². The Hall–Kier alpha value is -5.49. The predicted molar refractivity (Wildman–Crippen MR) is 239 cm³/mol. The average Bonchev–Trinajstić information content (AvgIpc) is 3.27. The Morgan fingerprint density at radius 1 is 0.896 bits per heavy atom. The van der Waals surface area contributed by atoms with E-state index in [0.29, 0.717) is 5.56 Å². The number of hydrogen-bond acceptors (Lipinski definition) is 15. The molecule has 2 bridgehead atoms. The number of benzene rings is 3. The molecule has 3 aliphatic carbocycles. The van der Waals surface area contributed by atoms with E-state index in [1.54, 1.807) is 90.1 Å². The van der Waals surface area contributed by atoms with Gasteiger partial charge >= 0.3 is 24.0 Å². The summed E-state index contributed by atoms with van der Waals surface area (Å²) in [4.78, 5) is 71.0. The smallest absolute Gasteiger partial charge is 0.408 e. The summed E-state index contributed by atoms with van der Waals surface area (Å²) in [6.45, 7) is 11.7. The Labute approximate surface area is 389 Å². The summed E-state index contributed by atoms with van der Waals surface area (Å²) in [5.74, 6) is -5.15. The number of esters is 3. The van der Waals surface area contributed by atoms with E-state index in [-0.39, 0.29) is 36.3 Å². The van der Waals surface area contributed by atoms with Crippen molar-refractivity contribution in [2.45, 2.75) is 134 Å². The van der Waals surface area contributed by atoms with Gasteiger partial charge in [-0.15, -0.1) is 0 Å². The molecule has 1 amide bonds. The second-order valence-corrected chi connectivity index (χ2v) is 19.7. The highest BCUT2D eigenvalue weighted by Gasteiger charge is 2.78. The van der Waals surface area contributed by atoms with Crippen LogP contribution in [-0.2, 0) is 54.1 Å². The van der Waals surface area contributed by atoms with Gasteiger partial charge < -0.3 is 53.8 Å². The van der Waals surface area contributed by atoms with Gasteiger partial charge in [-0.1, -0.05) is 92.7 Å². The summed E-state index contributed by atoms with van der Waals surface area (Å²) in [5.41, 5.74) is -7.21. The van der Waals surface area contributed by atoms with Gasteiger partial charge in [0, 0.05) is 25.2 Å². The first kappa shape index (κ1) is 49.4. The molecular formula is C51H61NO15. The van der Waals surface area contributed by atoms with E-state index in [1.165, 1.54) is 26.0 Å². The molecule has 4 aliphatic rings. The molecule has 67 heavy (non-hydrogen) atoms. The number of carbonyl (C=O) groups excluding carboxylic acids is 5. The topological polar surface area (TPSA) is 223 Å². The summed E-state index contributed by atoms with van der Waals surface area (Å²) in [5, 5.41) is 40.9. The van der Waals surface area contributed by atoms with Gasteiger partial charge in [0.2, 0.25) is 0 Å². The minimum absolute atomic E-state index is 0.0413. The highest BCUT2D eigenvalue weighted by molar-refractivity contribution is 5.94. The summed E-state index contributed by atoms with van der Waals surface area (Å²) in [6, 6.07) is 24.4. The predicted octanol–water partition coefficient (Wildman–Crippen LogP) is 5.46. The zero-order chi connectivity index (χ0) is 48.7. The number of hydrogen-bond donors (Lipinski definition) is 4. The highest BCUT2D eigenvalue weighted by atomic mass is 16.7. The molecule has 0 spiro atoms. The quantitative estimate of drug-likeness (QED) is 0.0550. The van der Waals surface area contributed by atoms with Crippen LogP contribution in [0.25, 0.3) is 0 Å². The van der Waals surface area contributed by atoms with Crippen molar-refractivity contribution in [2.24, 2.45) is 16.7 Å². The van der Waals surface area contributed by atoms with Gasteiger partial charge in [0.25, 0.3) is 0 Å². The lowest BCUT2D eigenvalue weighted by molar-refractivity contribution is -0.346. The Balaban J connectivity index is 1.34. The van der Waals surface area contributed by atoms with E-state index in [9.17, 15) is 29.7 Å². The van der Waals surface area contributed by atoms with Gasteiger partial charge in [-0.25, -0.2) is 14.4 Å². The highest BCUT2D eigenvalue weighted by Crippen LogP contribution is 2.64. The molecule has 3 fully saturated rings. The van der Waals surface area contributed by atoms with Crippen molar-refractivity contribution in [1.29, 1.82) is 0 Å². The number of ether oxygens (including phenoxy) is 7. The number of Topliss-reactive ketones (excluding diaryl/α,β-unsaturated/α-hetero) is 1. The Kier molecular flexibility index (Phi) is 13.9. The van der Waals surface area contributed by atoms with Gasteiger partial charge in [-0.05, 0) is 69.0 Å². The summed E-state index contributed by atoms with van der Waals surface area (Å²) >= 11 is 0. The number of fused-ring (bicyclic) bond motifs is 5. The lowest BCUT2D eigenvalue weighted by atomic mass is 9.44. The fraction of sp³-hybridized carbons (Fsp3) is 0.510. The van der Waals surface area contributed by atoms with Crippen LogP contribution in [-0.4, -0.2) is 112 Å². The molecule has 7 rings (SSSR count). The Morgan fingerprint density at radius 3 is 2.09 bits per heavy atom. The lowest BCUT2D eigenvalue weighted by Crippen LogP contribution is -2.81. The van der Waals surface area contributed by atoms with Crippen molar-refractivity contribution >= 4 is 29.8 Å². The molecule has 2 saturated carbocycles. The minimum Gasteiger partial charge on any atom is -0.456 e. The van der Waals surface area contributed by atoms with E-state index in [4.69, 9.17) is 33.2 Å². The van der Waals surface area contributed by atoms with Crippen LogP contribution in [0.5, 0.6) is 0 Å². The molecule has 16 heteroatoms. The van der Waals surface area contributed by atoms with Gasteiger partial charge in [0.1, 0.15) is 42.4 Å². The second-order valence-electron chi connectivity index (χ2n) is 19.7. The molecule has 0 aromatic heterocycles. The standard InChI is InChI=1S/C51H61NO15/c1-29-34(64-45(58)40(63-28-61-26-31-18-12-9-13-19-31)38(32-20-14-10-15-21-32)52-46(59)67-47(3,4)5)25-51(60)43(65-44(57)33-22-16-11-17-23-33)41-49(8,42(56)39(55)37(29)48(51,6)7)35(54)24-36-50(41,27-62-36)66-30(2)53/h9-23,34-36,38-41,43,54-55,60H,24-28H2,1-8H3,(H,52,59)/t34-,35-,36+,38-,39+,40+,41-,43-,49+,50-,51+/m0/s1. The Morgan fingerprint density at radius 2 is 1.51 bits per heavy atom. The van der Waals surface area contributed by atoms with Crippen LogP contribution in [0.2, 0.25) is 0 Å². The minimum atomic E-state index is -2.36. The molecule has 16 nitrogen and oxygen atoms in total. The van der Waals surface area contributed by atoms with Crippen LogP contribution < -0.4 is 5.32 Å². The van der Waals surface area contributed by atoms with Crippen molar-refractivity contribution in [1.82, 2.24) is 5.32 Å². The van der Waals surface area contributed by atoms with Crippen molar-refractivity contribution < 1.29 is 72.5 Å². The van der Waals surface area contributed by atoms with Crippen LogP contribution in [0.1, 0.15) is 95.8 Å². The molecule has 1 saturated heterocycles. The van der Waals surface area contributed by atoms with Crippen LogP contribution in [0.4, 0.5) is 4.79 Å². The zero-order valence-electron chi connectivity index (χ0n) is 39.1. The molecule has 1 heterocycles. The normalized spacial score (nSPS) is 30.7. The third-order valence-corrected chi connectivity index (χ3v) is 14.0. The van der Waals surface area contributed by atoms with Crippen LogP contribution >= 0.6 is 0 Å². The number of nitrogens with one attached hydrogen (secondary N) is 1. The second kappa shape index (κ2) is 18.9. The SMILES string of the molecule is CC(=O)O[C@@]12CO[C@@H]1C[C@H](O)[C@@]1(C)C(=O)[C@H](O)C3=C(C)[C@@H](OC(=O)[C@H](OCOCc4ccccc4)[C@@H](NC(=O)OC(C)(C)C)c4ccccc4)C[C@@](O)([C@@H](OC(=O)c4ccccc4)[C@H]21)C3(C)C. The number of aliphatic hydroxyl groups is 3.